The van der Waals surface area contributed by atoms with Crippen LogP contribution in [0.1, 0.15) is 36.2 Å². The molecule has 0 radical (unpaired) electrons. The number of halogens is 1. The first kappa shape index (κ1) is 16.7. The van der Waals surface area contributed by atoms with Gasteiger partial charge >= 0.3 is 0 Å². The lowest BCUT2D eigenvalue weighted by Crippen LogP contribution is -2.37. The van der Waals surface area contributed by atoms with Crippen LogP contribution in [0.15, 0.2) is 40.8 Å². The molecule has 2 unspecified atom stereocenters. The van der Waals surface area contributed by atoms with Crippen LogP contribution in [-0.4, -0.2) is 35.6 Å². The summed E-state index contributed by atoms with van der Waals surface area (Å²) in [5.74, 6) is 0.388. The number of rotatable bonds is 4. The molecule has 0 spiro atoms. The second kappa shape index (κ2) is 7.18. The smallest absolute Gasteiger partial charge is 0.289 e. The Morgan fingerprint density at radius 1 is 1.21 bits per heavy atom. The average Bonchev–Trinajstić information content (AvgIpc) is 3.07. The number of benzene rings is 1. The van der Waals surface area contributed by atoms with Gasteiger partial charge in [-0.1, -0.05) is 12.8 Å². The number of amides is 1. The summed E-state index contributed by atoms with van der Waals surface area (Å²) in [6, 6.07) is 9.29. The van der Waals surface area contributed by atoms with E-state index in [1.54, 1.807) is 36.2 Å². The van der Waals surface area contributed by atoms with E-state index in [1.165, 1.54) is 12.1 Å². The normalized spacial score (nSPS) is 20.8. The molecule has 1 aromatic carbocycles. The van der Waals surface area contributed by atoms with Crippen molar-refractivity contribution >= 4 is 5.91 Å². The second-order valence-corrected chi connectivity index (χ2v) is 6.47. The van der Waals surface area contributed by atoms with Gasteiger partial charge in [0.15, 0.2) is 5.76 Å². The van der Waals surface area contributed by atoms with E-state index in [9.17, 15) is 14.3 Å². The fraction of sp³-hybridized carbons (Fsp3) is 0.421. The maximum absolute atomic E-state index is 13.0. The summed E-state index contributed by atoms with van der Waals surface area (Å²) < 4.78 is 18.6. The highest BCUT2D eigenvalue weighted by Gasteiger charge is 2.26. The maximum atomic E-state index is 13.0. The SMILES string of the molecule is CN(CC1CCCCC1O)C(=O)c1ccc(-c2ccc(F)cc2)o1. The predicted octanol–water partition coefficient (Wildman–Crippen LogP) is 3.71. The third-order valence-corrected chi connectivity index (χ3v) is 4.67. The highest BCUT2D eigenvalue weighted by Crippen LogP contribution is 2.26. The van der Waals surface area contributed by atoms with Gasteiger partial charge < -0.3 is 14.4 Å². The largest absolute Gasteiger partial charge is 0.451 e. The van der Waals surface area contributed by atoms with Crippen molar-refractivity contribution in [3.8, 4) is 11.3 Å². The van der Waals surface area contributed by atoms with Crippen molar-refractivity contribution in [3.63, 3.8) is 0 Å². The van der Waals surface area contributed by atoms with Gasteiger partial charge in [0.1, 0.15) is 11.6 Å². The third kappa shape index (κ3) is 3.67. The van der Waals surface area contributed by atoms with Crippen LogP contribution >= 0.6 is 0 Å². The molecule has 0 bridgehead atoms. The lowest BCUT2D eigenvalue weighted by atomic mass is 9.86. The fourth-order valence-corrected chi connectivity index (χ4v) is 3.25. The first-order chi connectivity index (χ1) is 11.5. The van der Waals surface area contributed by atoms with E-state index in [1.807, 2.05) is 0 Å². The van der Waals surface area contributed by atoms with Crippen molar-refractivity contribution in [3.05, 3.63) is 48.0 Å². The molecule has 1 aliphatic carbocycles. The molecule has 1 saturated carbocycles. The summed E-state index contributed by atoms with van der Waals surface area (Å²) in [5.41, 5.74) is 0.723. The van der Waals surface area contributed by atoms with Crippen LogP contribution in [0, 0.1) is 11.7 Å². The first-order valence-corrected chi connectivity index (χ1v) is 8.34. The molecule has 1 heterocycles. The molecule has 3 rings (SSSR count). The minimum Gasteiger partial charge on any atom is -0.451 e. The molecular formula is C19H22FNO3. The minimum atomic E-state index is -0.333. The van der Waals surface area contributed by atoms with Gasteiger partial charge in [-0.25, -0.2) is 4.39 Å². The van der Waals surface area contributed by atoms with Gasteiger partial charge in [0.05, 0.1) is 6.10 Å². The molecule has 1 N–H and O–H groups in total. The molecule has 2 atom stereocenters. The molecule has 24 heavy (non-hydrogen) atoms. The van der Waals surface area contributed by atoms with E-state index in [4.69, 9.17) is 4.42 Å². The zero-order valence-electron chi connectivity index (χ0n) is 13.7. The summed E-state index contributed by atoms with van der Waals surface area (Å²) in [4.78, 5) is 14.1. The third-order valence-electron chi connectivity index (χ3n) is 4.67. The number of aliphatic hydroxyl groups excluding tert-OH is 1. The van der Waals surface area contributed by atoms with E-state index in [-0.39, 0.29) is 29.5 Å². The van der Waals surface area contributed by atoms with Crippen molar-refractivity contribution in [2.24, 2.45) is 5.92 Å². The quantitative estimate of drug-likeness (QED) is 0.929. The Morgan fingerprint density at radius 3 is 2.62 bits per heavy atom. The minimum absolute atomic E-state index is 0.124. The molecule has 4 nitrogen and oxygen atoms in total. The van der Waals surface area contributed by atoms with Crippen molar-refractivity contribution in [1.82, 2.24) is 4.90 Å². The average molecular weight is 331 g/mol. The fourth-order valence-electron chi connectivity index (χ4n) is 3.25. The Bertz CT molecular complexity index is 695. The van der Waals surface area contributed by atoms with Gasteiger partial charge in [0.2, 0.25) is 0 Å². The van der Waals surface area contributed by atoms with Crippen LogP contribution < -0.4 is 0 Å². The Morgan fingerprint density at radius 2 is 1.92 bits per heavy atom. The van der Waals surface area contributed by atoms with Crippen molar-refractivity contribution in [1.29, 1.82) is 0 Å². The topological polar surface area (TPSA) is 53.7 Å². The van der Waals surface area contributed by atoms with Gasteiger partial charge in [0, 0.05) is 25.1 Å². The van der Waals surface area contributed by atoms with Crippen LogP contribution in [0.5, 0.6) is 0 Å². The molecular weight excluding hydrogens is 309 g/mol. The lowest BCUT2D eigenvalue weighted by Gasteiger charge is -2.30. The molecule has 1 amide bonds. The van der Waals surface area contributed by atoms with Gasteiger partial charge in [-0.3, -0.25) is 4.79 Å². The maximum Gasteiger partial charge on any atom is 0.289 e. The molecule has 5 heteroatoms. The van der Waals surface area contributed by atoms with Crippen molar-refractivity contribution < 1.29 is 18.7 Å². The number of carbonyl (C=O) groups is 1. The van der Waals surface area contributed by atoms with Crippen LogP contribution in [0.3, 0.4) is 0 Å². The monoisotopic (exact) mass is 331 g/mol. The summed E-state index contributed by atoms with van der Waals surface area (Å²) in [7, 11) is 1.73. The van der Waals surface area contributed by atoms with Crippen molar-refractivity contribution in [2.75, 3.05) is 13.6 Å². The molecule has 1 aliphatic rings. The molecule has 2 aromatic rings. The summed E-state index contributed by atoms with van der Waals surface area (Å²) in [5, 5.41) is 10.1. The number of nitrogens with zero attached hydrogens (tertiary/aromatic N) is 1. The Kier molecular flexibility index (Phi) is 5.00. The Balaban J connectivity index is 1.67. The van der Waals surface area contributed by atoms with Crippen LogP contribution in [0.2, 0.25) is 0 Å². The first-order valence-electron chi connectivity index (χ1n) is 8.34. The highest BCUT2D eigenvalue weighted by atomic mass is 19.1. The van der Waals surface area contributed by atoms with E-state index in [0.717, 1.165) is 31.2 Å². The van der Waals surface area contributed by atoms with Crippen LogP contribution in [0.25, 0.3) is 11.3 Å². The predicted molar refractivity (Wildman–Crippen MR) is 89.0 cm³/mol. The summed E-state index contributed by atoms with van der Waals surface area (Å²) in [6.45, 7) is 0.520. The lowest BCUT2D eigenvalue weighted by molar-refractivity contribution is 0.0437. The highest BCUT2D eigenvalue weighted by molar-refractivity contribution is 5.92. The second-order valence-electron chi connectivity index (χ2n) is 6.47. The molecule has 0 aliphatic heterocycles. The zero-order valence-corrected chi connectivity index (χ0v) is 13.7. The number of hydrogen-bond acceptors (Lipinski definition) is 3. The standard InChI is InChI=1S/C19H22FNO3/c1-21(12-14-4-2-3-5-16(14)22)19(23)18-11-10-17(24-18)13-6-8-15(20)9-7-13/h6-11,14,16,22H,2-5,12H2,1H3. The Hall–Kier alpha value is -2.14. The van der Waals surface area contributed by atoms with E-state index in [0.29, 0.717) is 12.3 Å². The van der Waals surface area contributed by atoms with E-state index >= 15 is 0 Å². The zero-order chi connectivity index (χ0) is 17.1. The number of furan rings is 1. The summed E-state index contributed by atoms with van der Waals surface area (Å²) in [6.07, 6.45) is 3.56. The molecule has 1 fully saturated rings. The molecule has 0 saturated heterocycles. The molecule has 1 aromatic heterocycles. The number of hydrogen-bond donors (Lipinski definition) is 1. The van der Waals surface area contributed by atoms with E-state index < -0.39 is 0 Å². The van der Waals surface area contributed by atoms with Gasteiger partial charge in [0.25, 0.3) is 5.91 Å². The van der Waals surface area contributed by atoms with Crippen LogP contribution in [0.4, 0.5) is 4.39 Å². The van der Waals surface area contributed by atoms with Gasteiger partial charge in [-0.15, -0.1) is 0 Å². The summed E-state index contributed by atoms with van der Waals surface area (Å²) >= 11 is 0. The Labute approximate surface area is 140 Å². The van der Waals surface area contributed by atoms with Crippen molar-refractivity contribution in [2.45, 2.75) is 31.8 Å². The van der Waals surface area contributed by atoms with E-state index in [2.05, 4.69) is 0 Å². The van der Waals surface area contributed by atoms with Gasteiger partial charge in [-0.05, 0) is 49.2 Å². The van der Waals surface area contributed by atoms with Gasteiger partial charge in [-0.2, -0.15) is 0 Å². The van der Waals surface area contributed by atoms with Crippen LogP contribution in [-0.2, 0) is 0 Å². The number of aliphatic hydroxyl groups is 1. The number of carbonyl (C=O) groups excluding carboxylic acids is 1. The molecule has 128 valence electrons.